The van der Waals surface area contributed by atoms with E-state index < -0.39 is 11.3 Å². The molecule has 128 valence electrons. The Morgan fingerprint density at radius 2 is 1.96 bits per heavy atom. The fourth-order valence-electron chi connectivity index (χ4n) is 2.26. The Kier molecular flexibility index (Phi) is 6.34. The number of anilines is 2. The van der Waals surface area contributed by atoms with Crippen LogP contribution in [0.15, 0.2) is 48.5 Å². The molecule has 1 N–H and O–H groups in total. The Balaban J connectivity index is 2.08. The van der Waals surface area contributed by atoms with E-state index in [0.717, 1.165) is 11.3 Å². The molecule has 0 bridgehead atoms. The normalized spacial score (nSPS) is 11.6. The molecular formula is C17H19N2O4S-. The number of rotatable bonds is 7. The van der Waals surface area contributed by atoms with Crippen molar-refractivity contribution < 1.29 is 18.3 Å². The molecule has 0 fully saturated rings. The molecule has 0 spiro atoms. The number of hydrogen-bond acceptors (Lipinski definition) is 4. The Labute approximate surface area is 143 Å². The molecule has 24 heavy (non-hydrogen) atoms. The lowest BCUT2D eigenvalue weighted by atomic mass is 10.1. The van der Waals surface area contributed by atoms with E-state index in [9.17, 15) is 13.6 Å². The van der Waals surface area contributed by atoms with Crippen molar-refractivity contribution >= 4 is 28.5 Å². The molecule has 1 unspecified atom stereocenters. The SMILES string of the molecule is COc1cccc(CCN(c2ccc(NC(C)=O)cc2)S(=O)[O-])c1. The molecule has 1 atom stereocenters. The lowest BCUT2D eigenvalue weighted by Crippen LogP contribution is -2.27. The van der Waals surface area contributed by atoms with Gasteiger partial charge in [-0.15, -0.1) is 0 Å². The maximum atomic E-state index is 11.5. The van der Waals surface area contributed by atoms with Gasteiger partial charge in [0, 0.05) is 36.1 Å². The van der Waals surface area contributed by atoms with Crippen LogP contribution in [-0.4, -0.2) is 28.3 Å². The second-order valence-corrected chi connectivity index (χ2v) is 6.02. The zero-order valence-electron chi connectivity index (χ0n) is 13.5. The number of amides is 1. The van der Waals surface area contributed by atoms with Crippen LogP contribution in [0.3, 0.4) is 0 Å². The van der Waals surface area contributed by atoms with Gasteiger partial charge >= 0.3 is 0 Å². The molecule has 7 heteroatoms. The minimum Gasteiger partial charge on any atom is -0.755 e. The van der Waals surface area contributed by atoms with Gasteiger partial charge in [-0.25, -0.2) is 0 Å². The van der Waals surface area contributed by atoms with E-state index in [1.807, 2.05) is 24.3 Å². The van der Waals surface area contributed by atoms with Crippen LogP contribution in [0, 0.1) is 0 Å². The second-order valence-electron chi connectivity index (χ2n) is 5.15. The van der Waals surface area contributed by atoms with Gasteiger partial charge in [-0.2, -0.15) is 0 Å². The zero-order valence-corrected chi connectivity index (χ0v) is 14.3. The molecule has 2 aromatic carbocycles. The highest BCUT2D eigenvalue weighted by atomic mass is 32.2. The van der Waals surface area contributed by atoms with Crippen molar-refractivity contribution in [2.45, 2.75) is 13.3 Å². The van der Waals surface area contributed by atoms with Gasteiger partial charge in [-0.3, -0.25) is 9.00 Å². The lowest BCUT2D eigenvalue weighted by molar-refractivity contribution is -0.114. The van der Waals surface area contributed by atoms with Gasteiger partial charge in [0.2, 0.25) is 5.91 Å². The lowest BCUT2D eigenvalue weighted by Gasteiger charge is -2.26. The number of methoxy groups -OCH3 is 1. The summed E-state index contributed by atoms with van der Waals surface area (Å²) in [6.07, 6.45) is 0.554. The maximum Gasteiger partial charge on any atom is 0.221 e. The fourth-order valence-corrected chi connectivity index (χ4v) is 2.80. The van der Waals surface area contributed by atoms with Crippen molar-refractivity contribution in [1.82, 2.24) is 0 Å². The van der Waals surface area contributed by atoms with E-state index in [0.29, 0.717) is 24.3 Å². The molecule has 0 aliphatic carbocycles. The minimum absolute atomic E-state index is 0.176. The van der Waals surface area contributed by atoms with Gasteiger partial charge in [0.15, 0.2) is 0 Å². The first-order valence-electron chi connectivity index (χ1n) is 7.37. The molecule has 0 aromatic heterocycles. The van der Waals surface area contributed by atoms with Gasteiger partial charge in [-0.05, 0) is 48.4 Å². The van der Waals surface area contributed by atoms with Crippen molar-refractivity contribution in [2.24, 2.45) is 0 Å². The monoisotopic (exact) mass is 347 g/mol. The standard InChI is InChI=1S/C17H20N2O4S/c1-13(20)18-15-6-8-16(9-7-15)19(24(21)22)11-10-14-4-3-5-17(12-14)23-2/h3-9,12H,10-11H2,1-2H3,(H,18,20)(H,21,22)/p-1. The van der Waals surface area contributed by atoms with Crippen molar-refractivity contribution in [2.75, 3.05) is 23.3 Å². The highest BCUT2D eigenvalue weighted by Gasteiger charge is 2.08. The molecule has 0 aliphatic heterocycles. The van der Waals surface area contributed by atoms with Crippen LogP contribution in [0.5, 0.6) is 5.75 Å². The third kappa shape index (κ3) is 5.07. The van der Waals surface area contributed by atoms with Gasteiger partial charge in [0.25, 0.3) is 0 Å². The van der Waals surface area contributed by atoms with E-state index >= 15 is 0 Å². The average molecular weight is 347 g/mol. The molecule has 0 radical (unpaired) electrons. The van der Waals surface area contributed by atoms with E-state index in [-0.39, 0.29) is 5.91 Å². The highest BCUT2D eigenvalue weighted by molar-refractivity contribution is 7.80. The zero-order chi connectivity index (χ0) is 17.5. The van der Waals surface area contributed by atoms with Crippen LogP contribution in [0.1, 0.15) is 12.5 Å². The van der Waals surface area contributed by atoms with E-state index in [2.05, 4.69) is 5.32 Å². The molecule has 2 aromatic rings. The first-order chi connectivity index (χ1) is 11.5. The summed E-state index contributed by atoms with van der Waals surface area (Å²) >= 11 is -2.39. The summed E-state index contributed by atoms with van der Waals surface area (Å²) in [4.78, 5) is 11.0. The van der Waals surface area contributed by atoms with Crippen molar-refractivity contribution in [3.05, 3.63) is 54.1 Å². The fraction of sp³-hybridized carbons (Fsp3) is 0.235. The third-order valence-corrected chi connectivity index (χ3v) is 4.15. The smallest absolute Gasteiger partial charge is 0.221 e. The molecular weight excluding hydrogens is 328 g/mol. The van der Waals surface area contributed by atoms with Gasteiger partial charge in [0.05, 0.1) is 7.11 Å². The highest BCUT2D eigenvalue weighted by Crippen LogP contribution is 2.20. The number of carbonyl (C=O) groups excluding carboxylic acids is 1. The van der Waals surface area contributed by atoms with E-state index in [1.54, 1.807) is 31.4 Å². The summed E-state index contributed by atoms with van der Waals surface area (Å²) in [7, 11) is 1.59. The van der Waals surface area contributed by atoms with Crippen LogP contribution >= 0.6 is 0 Å². The third-order valence-electron chi connectivity index (χ3n) is 3.39. The van der Waals surface area contributed by atoms with Crippen LogP contribution in [0.2, 0.25) is 0 Å². The van der Waals surface area contributed by atoms with Gasteiger partial charge < -0.3 is 18.9 Å². The van der Waals surface area contributed by atoms with Crippen molar-refractivity contribution in [3.8, 4) is 5.75 Å². The van der Waals surface area contributed by atoms with Crippen LogP contribution in [-0.2, 0) is 22.5 Å². The van der Waals surface area contributed by atoms with Crippen LogP contribution in [0.25, 0.3) is 0 Å². The Morgan fingerprint density at radius 3 is 2.54 bits per heavy atom. The van der Waals surface area contributed by atoms with Crippen LogP contribution < -0.4 is 14.4 Å². The molecule has 0 saturated carbocycles. The molecule has 2 rings (SSSR count). The topological polar surface area (TPSA) is 81.7 Å². The first-order valence-corrected chi connectivity index (χ1v) is 8.40. The summed E-state index contributed by atoms with van der Waals surface area (Å²) in [6.45, 7) is 1.73. The molecule has 1 amide bonds. The van der Waals surface area contributed by atoms with E-state index in [1.165, 1.54) is 11.2 Å². The number of nitrogens with zero attached hydrogens (tertiary/aromatic N) is 1. The quantitative estimate of drug-likeness (QED) is 0.780. The number of nitrogens with one attached hydrogen (secondary N) is 1. The number of hydrogen-bond donors (Lipinski definition) is 1. The number of ether oxygens (including phenoxy) is 1. The molecule has 0 saturated heterocycles. The molecule has 6 nitrogen and oxygen atoms in total. The summed E-state index contributed by atoms with van der Waals surface area (Å²) < 4.78 is 29.5. The summed E-state index contributed by atoms with van der Waals surface area (Å²) in [5.41, 5.74) is 2.15. The van der Waals surface area contributed by atoms with Crippen molar-refractivity contribution in [1.29, 1.82) is 0 Å². The minimum atomic E-state index is -2.39. The molecule has 0 heterocycles. The number of benzene rings is 2. The predicted molar refractivity (Wildman–Crippen MR) is 93.7 cm³/mol. The Hall–Kier alpha value is -2.38. The van der Waals surface area contributed by atoms with Crippen molar-refractivity contribution in [3.63, 3.8) is 0 Å². The van der Waals surface area contributed by atoms with E-state index in [4.69, 9.17) is 4.74 Å². The second kappa shape index (κ2) is 8.47. The molecule has 0 aliphatic rings. The van der Waals surface area contributed by atoms with Crippen LogP contribution in [0.4, 0.5) is 11.4 Å². The first kappa shape index (κ1) is 18.0. The van der Waals surface area contributed by atoms with Gasteiger partial charge in [0.1, 0.15) is 5.75 Å². The Bertz CT molecular complexity index is 719. The summed E-state index contributed by atoms with van der Waals surface area (Å²) in [5, 5.41) is 2.65. The largest absolute Gasteiger partial charge is 0.755 e. The summed E-state index contributed by atoms with van der Waals surface area (Å²) in [6, 6.07) is 14.2. The predicted octanol–water partition coefficient (Wildman–Crippen LogP) is 2.50. The summed E-state index contributed by atoms with van der Waals surface area (Å²) in [5.74, 6) is 0.562. The Morgan fingerprint density at radius 1 is 1.25 bits per heavy atom. The van der Waals surface area contributed by atoms with Gasteiger partial charge in [-0.1, -0.05) is 12.1 Å². The number of carbonyl (C=O) groups is 1. The maximum absolute atomic E-state index is 11.5. The average Bonchev–Trinajstić information content (AvgIpc) is 2.56.